The van der Waals surface area contributed by atoms with Crippen LogP contribution in [0.15, 0.2) is 0 Å². The lowest BCUT2D eigenvalue weighted by molar-refractivity contribution is -0.0522. The molecule has 114 valence electrons. The molecule has 4 rings (SSSR count). The Balaban J connectivity index is 1.92. The fourth-order valence-electron chi connectivity index (χ4n) is 5.05. The van der Waals surface area contributed by atoms with Crippen LogP contribution in [-0.4, -0.2) is 8.07 Å². The summed E-state index contributed by atoms with van der Waals surface area (Å²) in [6.45, 7) is 11.9. The van der Waals surface area contributed by atoms with E-state index in [1.54, 1.807) is 0 Å². The van der Waals surface area contributed by atoms with Gasteiger partial charge in [-0.25, -0.2) is 0 Å². The molecule has 0 amide bonds. The molecule has 2 atom stereocenters. The van der Waals surface area contributed by atoms with Gasteiger partial charge < -0.3 is 0 Å². The third-order valence-electron chi connectivity index (χ3n) is 6.88. The maximum atomic E-state index is 5.95. The summed E-state index contributed by atoms with van der Waals surface area (Å²) >= 11 is 0. The lowest BCUT2D eigenvalue weighted by Crippen LogP contribution is -2.51. The summed E-state index contributed by atoms with van der Waals surface area (Å²) in [4.78, 5) is 0. The van der Waals surface area contributed by atoms with Crippen molar-refractivity contribution in [2.24, 2.45) is 22.7 Å². The van der Waals surface area contributed by atoms with E-state index < -0.39 is 8.07 Å². The third-order valence-corrected chi connectivity index (χ3v) is 11.4. The van der Waals surface area contributed by atoms with Crippen LogP contribution in [0, 0.1) is 46.5 Å². The Kier molecular flexibility index (Phi) is 3.21. The minimum Gasteiger partial charge on any atom is -0.131 e. The SMILES string of the molecule is C#CC12CC3CC(C1)CC(C#C[Si](C)(C)C(C)(C)C)(C3)C2. The quantitative estimate of drug-likeness (QED) is 0.423. The first-order valence-corrected chi connectivity index (χ1v) is 11.6. The van der Waals surface area contributed by atoms with E-state index in [1.807, 2.05) is 0 Å². The normalized spacial score (nSPS) is 41.3. The van der Waals surface area contributed by atoms with Gasteiger partial charge in [0.15, 0.2) is 0 Å². The monoisotopic (exact) mass is 298 g/mol. The number of hydrogen-bond donors (Lipinski definition) is 0. The number of rotatable bonds is 0. The zero-order valence-electron chi connectivity index (χ0n) is 14.5. The number of terminal acetylenes is 1. The van der Waals surface area contributed by atoms with E-state index in [1.165, 1.54) is 38.5 Å². The smallest absolute Gasteiger partial charge is 0.131 e. The van der Waals surface area contributed by atoms with Crippen LogP contribution in [0.3, 0.4) is 0 Å². The molecule has 0 spiro atoms. The standard InChI is InChI=1S/C20H30Si/c1-7-19-11-16-10-17(12-19)14-20(13-16,15-19)8-9-21(5,6)18(2,3)4/h1,16-17H,10-15H2,2-6H3. The van der Waals surface area contributed by atoms with E-state index >= 15 is 0 Å². The van der Waals surface area contributed by atoms with Crippen LogP contribution in [0.1, 0.15) is 59.3 Å². The van der Waals surface area contributed by atoms with E-state index in [0.717, 1.165) is 11.8 Å². The molecule has 0 aliphatic heterocycles. The van der Waals surface area contributed by atoms with Gasteiger partial charge in [-0.05, 0) is 55.4 Å². The second-order valence-corrected chi connectivity index (χ2v) is 14.8. The van der Waals surface area contributed by atoms with Gasteiger partial charge >= 0.3 is 0 Å². The van der Waals surface area contributed by atoms with Crippen molar-refractivity contribution in [2.75, 3.05) is 0 Å². The lowest BCUT2D eigenvalue weighted by atomic mass is 9.44. The van der Waals surface area contributed by atoms with E-state index in [9.17, 15) is 0 Å². The molecule has 1 heteroatoms. The van der Waals surface area contributed by atoms with Gasteiger partial charge in [0.05, 0.1) is 0 Å². The predicted octanol–water partition coefficient (Wildman–Crippen LogP) is 5.26. The maximum absolute atomic E-state index is 5.95. The second kappa shape index (κ2) is 4.42. The molecule has 0 aromatic rings. The highest BCUT2D eigenvalue weighted by molar-refractivity contribution is 6.87. The lowest BCUT2D eigenvalue weighted by Gasteiger charge is -2.59. The largest absolute Gasteiger partial charge is 0.137 e. The number of hydrogen-bond acceptors (Lipinski definition) is 0. The van der Waals surface area contributed by atoms with Gasteiger partial charge in [0, 0.05) is 10.8 Å². The summed E-state index contributed by atoms with van der Waals surface area (Å²) in [5.74, 6) is 8.77. The Hall–Kier alpha value is -0.663. The molecule has 4 saturated carbocycles. The Morgan fingerprint density at radius 1 is 1.00 bits per heavy atom. The zero-order valence-corrected chi connectivity index (χ0v) is 15.5. The van der Waals surface area contributed by atoms with Crippen molar-refractivity contribution in [3.8, 4) is 23.8 Å². The van der Waals surface area contributed by atoms with Crippen LogP contribution in [-0.2, 0) is 0 Å². The molecule has 4 fully saturated rings. The average Bonchev–Trinajstić information content (AvgIpc) is 2.34. The zero-order chi connectivity index (χ0) is 15.5. The Labute approximate surface area is 132 Å². The van der Waals surface area contributed by atoms with Crippen molar-refractivity contribution in [1.29, 1.82) is 0 Å². The molecule has 0 heterocycles. The van der Waals surface area contributed by atoms with Crippen molar-refractivity contribution in [2.45, 2.75) is 77.4 Å². The predicted molar refractivity (Wildman–Crippen MR) is 93.4 cm³/mol. The molecular weight excluding hydrogens is 268 g/mol. The van der Waals surface area contributed by atoms with E-state index in [0.29, 0.717) is 5.04 Å². The molecule has 4 bridgehead atoms. The highest BCUT2D eigenvalue weighted by Crippen LogP contribution is 2.64. The minimum absolute atomic E-state index is 0.201. The Bertz CT molecular complexity index is 529. The van der Waals surface area contributed by atoms with Crippen LogP contribution in [0.5, 0.6) is 0 Å². The third kappa shape index (κ3) is 2.49. The molecule has 4 aliphatic rings. The second-order valence-electron chi connectivity index (χ2n) is 9.79. The maximum Gasteiger partial charge on any atom is 0.137 e. The summed E-state index contributed by atoms with van der Waals surface area (Å²) in [6, 6.07) is 0. The fourth-order valence-corrected chi connectivity index (χ4v) is 6.01. The van der Waals surface area contributed by atoms with Crippen LogP contribution >= 0.6 is 0 Å². The van der Waals surface area contributed by atoms with Crippen molar-refractivity contribution < 1.29 is 0 Å². The van der Waals surface area contributed by atoms with E-state index in [2.05, 4.69) is 51.2 Å². The van der Waals surface area contributed by atoms with Crippen molar-refractivity contribution >= 4 is 8.07 Å². The van der Waals surface area contributed by atoms with Crippen LogP contribution < -0.4 is 0 Å². The van der Waals surface area contributed by atoms with Gasteiger partial charge in [0.25, 0.3) is 0 Å². The minimum atomic E-state index is -1.50. The highest BCUT2D eigenvalue weighted by atomic mass is 28.3. The van der Waals surface area contributed by atoms with Gasteiger partial charge in [0.1, 0.15) is 8.07 Å². The summed E-state index contributed by atoms with van der Waals surface area (Å²) in [7, 11) is -1.50. The van der Waals surface area contributed by atoms with Crippen LogP contribution in [0.2, 0.25) is 18.1 Å². The van der Waals surface area contributed by atoms with Gasteiger partial charge in [-0.2, -0.15) is 0 Å². The van der Waals surface area contributed by atoms with Gasteiger partial charge in [-0.3, -0.25) is 0 Å². The average molecular weight is 299 g/mol. The molecule has 0 aromatic carbocycles. The molecule has 21 heavy (non-hydrogen) atoms. The summed E-state index contributed by atoms with van der Waals surface area (Å²) in [6.07, 6.45) is 13.8. The van der Waals surface area contributed by atoms with Gasteiger partial charge in [0.2, 0.25) is 0 Å². The first-order chi connectivity index (χ1) is 9.59. The molecule has 0 saturated heterocycles. The molecule has 0 radical (unpaired) electrons. The molecule has 4 aliphatic carbocycles. The van der Waals surface area contributed by atoms with Crippen molar-refractivity contribution in [1.82, 2.24) is 0 Å². The van der Waals surface area contributed by atoms with Gasteiger partial charge in [-0.1, -0.05) is 39.8 Å². The van der Waals surface area contributed by atoms with Crippen molar-refractivity contribution in [3.05, 3.63) is 0 Å². The first-order valence-electron chi connectivity index (χ1n) is 8.61. The highest BCUT2D eigenvalue weighted by Gasteiger charge is 2.56. The molecule has 0 N–H and O–H groups in total. The Morgan fingerprint density at radius 2 is 1.52 bits per heavy atom. The molecule has 0 nitrogen and oxygen atoms in total. The van der Waals surface area contributed by atoms with Crippen LogP contribution in [0.25, 0.3) is 0 Å². The van der Waals surface area contributed by atoms with Crippen molar-refractivity contribution in [3.63, 3.8) is 0 Å². The first kappa shape index (κ1) is 15.2. The Morgan fingerprint density at radius 3 is 2.00 bits per heavy atom. The summed E-state index contributed by atoms with van der Waals surface area (Å²) < 4.78 is 0. The van der Waals surface area contributed by atoms with Crippen LogP contribution in [0.4, 0.5) is 0 Å². The summed E-state index contributed by atoms with van der Waals surface area (Å²) in [5, 5.41) is 0.353. The molecular formula is C20H30Si. The van der Waals surface area contributed by atoms with E-state index in [-0.39, 0.29) is 10.8 Å². The van der Waals surface area contributed by atoms with E-state index in [4.69, 9.17) is 6.42 Å². The fraction of sp³-hybridized carbons (Fsp3) is 0.800. The summed E-state index contributed by atoms with van der Waals surface area (Å²) in [5.41, 5.74) is 4.29. The molecule has 2 unspecified atom stereocenters. The van der Waals surface area contributed by atoms with Gasteiger partial charge in [-0.15, -0.1) is 17.9 Å². The topological polar surface area (TPSA) is 0 Å². The molecule has 0 aromatic heterocycles.